The van der Waals surface area contributed by atoms with Gasteiger partial charge in [-0.1, -0.05) is 6.07 Å². The zero-order valence-corrected chi connectivity index (χ0v) is 15.7. The number of aromatic nitrogens is 2. The molecule has 0 spiro atoms. The summed E-state index contributed by atoms with van der Waals surface area (Å²) >= 11 is 0. The average Bonchev–Trinajstić information content (AvgIpc) is 2.67. The van der Waals surface area contributed by atoms with E-state index in [1.807, 2.05) is 0 Å². The van der Waals surface area contributed by atoms with Crippen LogP contribution in [0.5, 0.6) is 5.75 Å². The van der Waals surface area contributed by atoms with E-state index < -0.39 is 34.6 Å². The molecule has 0 fully saturated rings. The highest BCUT2D eigenvalue weighted by atomic mass is 19.1. The zero-order valence-electron chi connectivity index (χ0n) is 15.7. The minimum Gasteiger partial charge on any atom is -0.505 e. The number of nitrogens with one attached hydrogen (secondary N) is 1. The van der Waals surface area contributed by atoms with Crippen LogP contribution in [0.4, 0.5) is 4.39 Å². The van der Waals surface area contributed by atoms with Gasteiger partial charge < -0.3 is 20.1 Å². The van der Waals surface area contributed by atoms with Crippen molar-refractivity contribution in [1.29, 1.82) is 0 Å². The number of rotatable bonds is 5. The summed E-state index contributed by atoms with van der Waals surface area (Å²) < 4.78 is 14.7. The van der Waals surface area contributed by atoms with Gasteiger partial charge in [0, 0.05) is 25.4 Å². The first kappa shape index (κ1) is 20.0. The number of aromatic carboxylic acids is 1. The summed E-state index contributed by atoms with van der Waals surface area (Å²) in [5.74, 6) is -3.20. The standard InChI is InChI=1S/C20H18FN3O5/c1-3-22-18(26)13-8-12(21)5-4-11(13)6-10-7-14-16(23-9-10)17(25)15(20(28)29)19(27)24(14)2/h4-5,7-9,25H,3,6H2,1-2H3,(H,22,26)(H,28,29). The fraction of sp³-hybridized carbons (Fsp3) is 0.200. The Morgan fingerprint density at radius 1 is 1.28 bits per heavy atom. The number of aryl methyl sites for hydroxylation is 1. The summed E-state index contributed by atoms with van der Waals surface area (Å²) in [6.07, 6.45) is 1.62. The van der Waals surface area contributed by atoms with E-state index in [0.717, 1.165) is 10.6 Å². The van der Waals surface area contributed by atoms with Crippen LogP contribution in [0, 0.1) is 5.82 Å². The number of carboxylic acids is 1. The molecular formula is C20H18FN3O5. The van der Waals surface area contributed by atoms with Crippen molar-refractivity contribution in [2.45, 2.75) is 13.3 Å². The molecule has 0 saturated heterocycles. The molecule has 2 heterocycles. The number of carbonyl (C=O) groups is 2. The Kier molecular flexibility index (Phi) is 5.31. The number of aromatic hydroxyl groups is 1. The summed E-state index contributed by atoms with van der Waals surface area (Å²) in [5, 5.41) is 22.0. The molecule has 0 bridgehead atoms. The van der Waals surface area contributed by atoms with E-state index in [4.69, 9.17) is 5.11 Å². The van der Waals surface area contributed by atoms with Gasteiger partial charge in [0.15, 0.2) is 11.3 Å². The van der Waals surface area contributed by atoms with Crippen molar-refractivity contribution < 1.29 is 24.2 Å². The van der Waals surface area contributed by atoms with Gasteiger partial charge in [-0.3, -0.25) is 14.6 Å². The van der Waals surface area contributed by atoms with Crippen LogP contribution in [-0.2, 0) is 13.5 Å². The number of hydrogen-bond donors (Lipinski definition) is 3. The maximum atomic E-state index is 13.6. The fourth-order valence-corrected chi connectivity index (χ4v) is 3.11. The van der Waals surface area contributed by atoms with Crippen LogP contribution in [-0.4, -0.2) is 38.2 Å². The Balaban J connectivity index is 2.11. The molecule has 3 rings (SSSR count). The van der Waals surface area contributed by atoms with E-state index in [0.29, 0.717) is 17.7 Å². The summed E-state index contributed by atoms with van der Waals surface area (Å²) in [6, 6.07) is 5.46. The Morgan fingerprint density at radius 2 is 2.00 bits per heavy atom. The first-order chi connectivity index (χ1) is 13.7. The van der Waals surface area contributed by atoms with E-state index in [-0.39, 0.29) is 23.0 Å². The van der Waals surface area contributed by atoms with E-state index >= 15 is 0 Å². The number of hydrogen-bond acceptors (Lipinski definition) is 5. The number of pyridine rings is 2. The van der Waals surface area contributed by atoms with Crippen molar-refractivity contribution in [1.82, 2.24) is 14.9 Å². The Hall–Kier alpha value is -3.75. The molecule has 1 aromatic carbocycles. The first-order valence-corrected chi connectivity index (χ1v) is 8.75. The molecule has 9 heteroatoms. The number of nitrogens with zero attached hydrogens (tertiary/aromatic N) is 2. The average molecular weight is 399 g/mol. The molecule has 0 saturated carbocycles. The molecule has 0 atom stereocenters. The van der Waals surface area contributed by atoms with Gasteiger partial charge in [-0.15, -0.1) is 0 Å². The lowest BCUT2D eigenvalue weighted by Crippen LogP contribution is -2.25. The highest BCUT2D eigenvalue weighted by Gasteiger charge is 2.22. The molecule has 0 radical (unpaired) electrons. The Bertz CT molecular complexity index is 1200. The van der Waals surface area contributed by atoms with E-state index in [2.05, 4.69) is 10.3 Å². The second kappa shape index (κ2) is 7.70. The van der Waals surface area contributed by atoms with Crippen molar-refractivity contribution in [2.75, 3.05) is 6.54 Å². The van der Waals surface area contributed by atoms with E-state index in [1.165, 1.54) is 25.4 Å². The van der Waals surface area contributed by atoms with Gasteiger partial charge in [0.1, 0.15) is 11.3 Å². The monoisotopic (exact) mass is 399 g/mol. The van der Waals surface area contributed by atoms with Gasteiger partial charge in [-0.2, -0.15) is 0 Å². The second-order valence-electron chi connectivity index (χ2n) is 6.44. The van der Waals surface area contributed by atoms with Crippen molar-refractivity contribution in [3.05, 3.63) is 68.9 Å². The van der Waals surface area contributed by atoms with Gasteiger partial charge in [0.2, 0.25) is 0 Å². The molecule has 0 unspecified atom stereocenters. The molecule has 3 aromatic rings. The molecule has 8 nitrogen and oxygen atoms in total. The maximum Gasteiger partial charge on any atom is 0.345 e. The lowest BCUT2D eigenvalue weighted by atomic mass is 9.99. The minimum atomic E-state index is -1.55. The second-order valence-corrected chi connectivity index (χ2v) is 6.44. The van der Waals surface area contributed by atoms with Gasteiger partial charge in [-0.25, -0.2) is 9.18 Å². The van der Waals surface area contributed by atoms with Crippen LogP contribution in [0.15, 0.2) is 35.3 Å². The highest BCUT2D eigenvalue weighted by Crippen LogP contribution is 2.26. The molecule has 150 valence electrons. The molecule has 0 aliphatic heterocycles. The van der Waals surface area contributed by atoms with Crippen molar-refractivity contribution in [3.8, 4) is 5.75 Å². The van der Waals surface area contributed by atoms with Crippen LogP contribution >= 0.6 is 0 Å². The third-order valence-corrected chi connectivity index (χ3v) is 4.53. The van der Waals surface area contributed by atoms with Crippen LogP contribution in [0.2, 0.25) is 0 Å². The SMILES string of the molecule is CCNC(=O)c1cc(F)ccc1Cc1cnc2c(O)c(C(=O)O)c(=O)n(C)c2c1. The normalized spacial score (nSPS) is 10.9. The Morgan fingerprint density at radius 3 is 2.66 bits per heavy atom. The molecule has 0 aliphatic carbocycles. The zero-order chi connectivity index (χ0) is 21.3. The smallest absolute Gasteiger partial charge is 0.345 e. The topological polar surface area (TPSA) is 122 Å². The number of amides is 1. The first-order valence-electron chi connectivity index (χ1n) is 8.75. The van der Waals surface area contributed by atoms with Crippen LogP contribution in [0.1, 0.15) is 38.8 Å². The predicted octanol–water partition coefficient (Wildman–Crippen LogP) is 1.82. The molecule has 3 N–H and O–H groups in total. The van der Waals surface area contributed by atoms with Gasteiger partial charge in [0.25, 0.3) is 11.5 Å². The molecule has 0 aliphatic rings. The van der Waals surface area contributed by atoms with Crippen molar-refractivity contribution >= 4 is 22.9 Å². The third-order valence-electron chi connectivity index (χ3n) is 4.53. The van der Waals surface area contributed by atoms with E-state index in [9.17, 15) is 23.9 Å². The number of fused-ring (bicyclic) bond motifs is 1. The molecule has 2 aromatic heterocycles. The number of carbonyl (C=O) groups excluding carboxylic acids is 1. The quantitative estimate of drug-likeness (QED) is 0.602. The molecular weight excluding hydrogens is 381 g/mol. The lowest BCUT2D eigenvalue weighted by molar-refractivity contribution is 0.0691. The number of carboxylic acid groups (broad SMARTS) is 1. The van der Waals surface area contributed by atoms with E-state index in [1.54, 1.807) is 13.0 Å². The largest absolute Gasteiger partial charge is 0.505 e. The third kappa shape index (κ3) is 3.66. The minimum absolute atomic E-state index is 0.0312. The summed E-state index contributed by atoms with van der Waals surface area (Å²) in [7, 11) is 1.38. The highest BCUT2D eigenvalue weighted by molar-refractivity contribution is 5.97. The van der Waals surface area contributed by atoms with Crippen molar-refractivity contribution in [2.24, 2.45) is 7.05 Å². The van der Waals surface area contributed by atoms with Crippen LogP contribution in [0.3, 0.4) is 0 Å². The lowest BCUT2D eigenvalue weighted by Gasteiger charge is -2.12. The number of halogens is 1. The van der Waals surface area contributed by atoms with Gasteiger partial charge in [-0.05, 0) is 42.7 Å². The number of benzene rings is 1. The summed E-state index contributed by atoms with van der Waals surface area (Å²) in [6.45, 7) is 2.14. The van der Waals surface area contributed by atoms with Gasteiger partial charge >= 0.3 is 5.97 Å². The molecule has 1 amide bonds. The predicted molar refractivity (Wildman–Crippen MR) is 103 cm³/mol. The van der Waals surface area contributed by atoms with Gasteiger partial charge in [0.05, 0.1) is 5.52 Å². The van der Waals surface area contributed by atoms with Crippen LogP contribution < -0.4 is 10.9 Å². The van der Waals surface area contributed by atoms with Crippen molar-refractivity contribution in [3.63, 3.8) is 0 Å². The molecule has 29 heavy (non-hydrogen) atoms. The van der Waals surface area contributed by atoms with Crippen LogP contribution in [0.25, 0.3) is 11.0 Å². The fourth-order valence-electron chi connectivity index (χ4n) is 3.11. The maximum absolute atomic E-state index is 13.6. The summed E-state index contributed by atoms with van der Waals surface area (Å²) in [4.78, 5) is 39.9. The summed E-state index contributed by atoms with van der Waals surface area (Å²) in [5.41, 5.74) is -0.0940. The Labute approximate surface area is 164 Å².